The Kier molecular flexibility index (Phi) is 7.27. The van der Waals surface area contributed by atoms with Gasteiger partial charge in [-0.25, -0.2) is 4.79 Å². The molecule has 0 atom stereocenters. The van der Waals surface area contributed by atoms with Gasteiger partial charge in [0.2, 0.25) is 0 Å². The summed E-state index contributed by atoms with van der Waals surface area (Å²) in [5, 5.41) is 2.77. The standard InChI is InChI=1S/C21H16Cl2N2O5S/c1-2-29-17(26)11-30-13-8-6-12(7-9-13)10-14-19(27)24-21(31)25(20(14)28)16-5-3-4-15(22)18(16)23/h3-10H,2,11H2,1H3,(H,24,27,31). The third-order valence-electron chi connectivity index (χ3n) is 4.13. The van der Waals surface area contributed by atoms with Crippen LogP contribution in [-0.2, 0) is 19.1 Å². The molecule has 31 heavy (non-hydrogen) atoms. The number of thiocarbonyl (C=S) groups is 1. The normalized spacial score (nSPS) is 15.1. The van der Waals surface area contributed by atoms with E-state index in [2.05, 4.69) is 5.32 Å². The molecule has 160 valence electrons. The molecule has 1 fully saturated rings. The smallest absolute Gasteiger partial charge is 0.344 e. The Balaban J connectivity index is 1.83. The number of halogens is 2. The Hall–Kier alpha value is -2.94. The summed E-state index contributed by atoms with van der Waals surface area (Å²) in [5.74, 6) is -1.32. The number of benzene rings is 2. The summed E-state index contributed by atoms with van der Waals surface area (Å²) in [6.45, 7) is 1.75. The molecule has 7 nitrogen and oxygen atoms in total. The van der Waals surface area contributed by atoms with Crippen LogP contribution in [-0.4, -0.2) is 36.1 Å². The molecule has 10 heteroatoms. The molecule has 1 heterocycles. The van der Waals surface area contributed by atoms with Crippen molar-refractivity contribution in [3.63, 3.8) is 0 Å². The largest absolute Gasteiger partial charge is 0.482 e. The van der Waals surface area contributed by atoms with E-state index in [0.717, 1.165) is 4.90 Å². The molecule has 1 saturated heterocycles. The van der Waals surface area contributed by atoms with E-state index in [-0.39, 0.29) is 39.6 Å². The summed E-state index contributed by atoms with van der Waals surface area (Å²) >= 11 is 17.4. The minimum absolute atomic E-state index is 0.0981. The highest BCUT2D eigenvalue weighted by atomic mass is 35.5. The average Bonchev–Trinajstić information content (AvgIpc) is 2.73. The SMILES string of the molecule is CCOC(=O)COc1ccc(C=C2C(=O)NC(=S)N(c3cccc(Cl)c3Cl)C2=O)cc1. The number of amides is 2. The number of rotatable bonds is 6. The number of nitrogens with one attached hydrogen (secondary N) is 1. The lowest BCUT2D eigenvalue weighted by molar-refractivity contribution is -0.145. The summed E-state index contributed by atoms with van der Waals surface area (Å²) in [5.41, 5.74) is 0.689. The zero-order valence-corrected chi connectivity index (χ0v) is 18.5. The van der Waals surface area contributed by atoms with Crippen molar-refractivity contribution in [2.45, 2.75) is 6.92 Å². The lowest BCUT2D eigenvalue weighted by atomic mass is 10.1. The highest BCUT2D eigenvalue weighted by Crippen LogP contribution is 2.34. The predicted molar refractivity (Wildman–Crippen MR) is 121 cm³/mol. The van der Waals surface area contributed by atoms with Gasteiger partial charge < -0.3 is 9.47 Å². The second kappa shape index (κ2) is 9.91. The van der Waals surface area contributed by atoms with Gasteiger partial charge in [0, 0.05) is 0 Å². The van der Waals surface area contributed by atoms with Gasteiger partial charge >= 0.3 is 5.97 Å². The van der Waals surface area contributed by atoms with Crippen LogP contribution in [0.3, 0.4) is 0 Å². The fraction of sp³-hybridized carbons (Fsp3) is 0.143. The number of hydrogen-bond acceptors (Lipinski definition) is 6. The molecule has 2 amide bonds. The van der Waals surface area contributed by atoms with Crippen LogP contribution in [0.2, 0.25) is 10.0 Å². The number of carbonyl (C=O) groups is 3. The van der Waals surface area contributed by atoms with E-state index in [1.54, 1.807) is 49.4 Å². The minimum atomic E-state index is -0.638. The number of esters is 1. The van der Waals surface area contributed by atoms with Crippen LogP contribution in [0.5, 0.6) is 5.75 Å². The molecule has 1 aliphatic rings. The highest BCUT2D eigenvalue weighted by Gasteiger charge is 2.35. The third-order valence-corrected chi connectivity index (χ3v) is 5.22. The third kappa shape index (κ3) is 5.22. The lowest BCUT2D eigenvalue weighted by Crippen LogP contribution is -2.54. The van der Waals surface area contributed by atoms with E-state index in [9.17, 15) is 14.4 Å². The fourth-order valence-electron chi connectivity index (χ4n) is 2.71. The monoisotopic (exact) mass is 478 g/mol. The van der Waals surface area contributed by atoms with Crippen LogP contribution in [0.4, 0.5) is 5.69 Å². The number of ether oxygens (including phenoxy) is 2. The van der Waals surface area contributed by atoms with Crippen molar-refractivity contribution in [1.29, 1.82) is 0 Å². The van der Waals surface area contributed by atoms with Crippen LogP contribution in [0.25, 0.3) is 6.08 Å². The van der Waals surface area contributed by atoms with E-state index in [4.69, 9.17) is 44.9 Å². The van der Waals surface area contributed by atoms with E-state index in [1.165, 1.54) is 6.08 Å². The Morgan fingerprint density at radius 1 is 1.16 bits per heavy atom. The van der Waals surface area contributed by atoms with E-state index in [1.807, 2.05) is 0 Å². The maximum Gasteiger partial charge on any atom is 0.344 e. The van der Waals surface area contributed by atoms with Crippen LogP contribution in [0.1, 0.15) is 12.5 Å². The van der Waals surface area contributed by atoms with E-state index < -0.39 is 17.8 Å². The van der Waals surface area contributed by atoms with Crippen LogP contribution < -0.4 is 15.0 Å². The predicted octanol–water partition coefficient (Wildman–Crippen LogP) is 3.77. The highest BCUT2D eigenvalue weighted by molar-refractivity contribution is 7.80. The van der Waals surface area contributed by atoms with Crippen LogP contribution >= 0.6 is 35.4 Å². The first-order chi connectivity index (χ1) is 14.8. The molecule has 0 spiro atoms. The lowest BCUT2D eigenvalue weighted by Gasteiger charge is -2.29. The first-order valence-electron chi connectivity index (χ1n) is 9.05. The molecule has 0 saturated carbocycles. The quantitative estimate of drug-likeness (QED) is 0.294. The van der Waals surface area contributed by atoms with Crippen molar-refractivity contribution in [1.82, 2.24) is 5.32 Å². The van der Waals surface area contributed by atoms with Gasteiger partial charge in [0.1, 0.15) is 11.3 Å². The average molecular weight is 479 g/mol. The van der Waals surface area contributed by atoms with E-state index >= 15 is 0 Å². The zero-order chi connectivity index (χ0) is 22.5. The van der Waals surface area contributed by atoms with Gasteiger partial charge in [0.25, 0.3) is 11.8 Å². The summed E-state index contributed by atoms with van der Waals surface area (Å²) in [7, 11) is 0. The molecule has 0 bridgehead atoms. The van der Waals surface area contributed by atoms with Crippen molar-refractivity contribution < 1.29 is 23.9 Å². The van der Waals surface area contributed by atoms with Gasteiger partial charge in [-0.15, -0.1) is 0 Å². The molecule has 0 aromatic heterocycles. The molecule has 0 unspecified atom stereocenters. The first kappa shape index (κ1) is 22.7. The number of anilines is 1. The maximum atomic E-state index is 13.1. The minimum Gasteiger partial charge on any atom is -0.482 e. The number of nitrogens with zero attached hydrogens (tertiary/aromatic N) is 1. The Morgan fingerprint density at radius 3 is 2.55 bits per heavy atom. The second-order valence-corrected chi connectivity index (χ2v) is 7.37. The number of hydrogen-bond donors (Lipinski definition) is 1. The Morgan fingerprint density at radius 2 is 1.87 bits per heavy atom. The van der Waals surface area contributed by atoms with Gasteiger partial charge in [-0.2, -0.15) is 0 Å². The molecule has 2 aromatic rings. The van der Waals surface area contributed by atoms with Crippen molar-refractivity contribution in [2.75, 3.05) is 18.1 Å². The molecule has 0 aliphatic carbocycles. The van der Waals surface area contributed by atoms with Gasteiger partial charge in [-0.1, -0.05) is 41.4 Å². The first-order valence-corrected chi connectivity index (χ1v) is 10.2. The second-order valence-electron chi connectivity index (χ2n) is 6.19. The molecule has 1 N–H and O–H groups in total. The van der Waals surface area contributed by atoms with Crippen molar-refractivity contribution in [3.05, 3.63) is 63.6 Å². The molecular weight excluding hydrogens is 463 g/mol. The van der Waals surface area contributed by atoms with Crippen LogP contribution in [0, 0.1) is 0 Å². The molecule has 2 aromatic carbocycles. The van der Waals surface area contributed by atoms with Crippen molar-refractivity contribution in [3.8, 4) is 5.75 Å². The topological polar surface area (TPSA) is 84.9 Å². The Bertz CT molecular complexity index is 1090. The van der Waals surface area contributed by atoms with E-state index in [0.29, 0.717) is 11.3 Å². The van der Waals surface area contributed by atoms with Gasteiger partial charge in [-0.05, 0) is 55.0 Å². The molecule has 3 rings (SSSR count). The summed E-state index contributed by atoms with van der Waals surface area (Å²) in [6.07, 6.45) is 1.42. The molecular formula is C21H16Cl2N2O5S. The summed E-state index contributed by atoms with van der Waals surface area (Å²) in [4.78, 5) is 37.9. The summed E-state index contributed by atoms with van der Waals surface area (Å²) < 4.78 is 10.1. The maximum absolute atomic E-state index is 13.1. The zero-order valence-electron chi connectivity index (χ0n) is 16.2. The van der Waals surface area contributed by atoms with Gasteiger partial charge in [0.15, 0.2) is 11.7 Å². The van der Waals surface area contributed by atoms with Crippen LogP contribution in [0.15, 0.2) is 48.0 Å². The van der Waals surface area contributed by atoms with Crippen molar-refractivity contribution >= 4 is 70.1 Å². The molecule has 0 radical (unpaired) electrons. The van der Waals surface area contributed by atoms with Crippen molar-refractivity contribution in [2.24, 2.45) is 0 Å². The fourth-order valence-corrected chi connectivity index (χ4v) is 3.37. The van der Waals surface area contributed by atoms with Gasteiger partial charge in [0.05, 0.1) is 22.3 Å². The molecule has 1 aliphatic heterocycles. The van der Waals surface area contributed by atoms with Gasteiger partial charge in [-0.3, -0.25) is 19.8 Å². The Labute approximate surface area is 193 Å². The summed E-state index contributed by atoms with van der Waals surface area (Å²) in [6, 6.07) is 11.2. The number of carbonyl (C=O) groups excluding carboxylic acids is 3.